The molecule has 0 aliphatic heterocycles. The van der Waals surface area contributed by atoms with Crippen molar-refractivity contribution in [2.75, 3.05) is 17.2 Å². The van der Waals surface area contributed by atoms with Crippen molar-refractivity contribution in [1.82, 2.24) is 0 Å². The molecular formula is C20H16F2N2OS. The van der Waals surface area contributed by atoms with Gasteiger partial charge in [0.15, 0.2) is 0 Å². The Morgan fingerprint density at radius 2 is 1.50 bits per heavy atom. The van der Waals surface area contributed by atoms with Crippen LogP contribution in [-0.4, -0.2) is 12.5 Å². The first-order chi connectivity index (χ1) is 12.6. The Kier molecular flexibility index (Phi) is 5.86. The van der Waals surface area contributed by atoms with Crippen LogP contribution in [0.25, 0.3) is 0 Å². The quantitative estimate of drug-likeness (QED) is 0.629. The van der Waals surface area contributed by atoms with Gasteiger partial charge in [0, 0.05) is 15.5 Å². The van der Waals surface area contributed by atoms with Crippen LogP contribution in [0.1, 0.15) is 0 Å². The Hall–Kier alpha value is -2.86. The zero-order valence-electron chi connectivity index (χ0n) is 13.7. The average Bonchev–Trinajstić information content (AvgIpc) is 2.65. The molecule has 0 bridgehead atoms. The first-order valence-electron chi connectivity index (χ1n) is 7.93. The van der Waals surface area contributed by atoms with Crippen LogP contribution < -0.4 is 10.6 Å². The summed E-state index contributed by atoms with van der Waals surface area (Å²) in [6.07, 6.45) is 0. The molecule has 0 atom stereocenters. The summed E-state index contributed by atoms with van der Waals surface area (Å²) in [7, 11) is 0. The van der Waals surface area contributed by atoms with Gasteiger partial charge in [-0.25, -0.2) is 8.78 Å². The number of para-hydroxylation sites is 2. The Morgan fingerprint density at radius 3 is 2.23 bits per heavy atom. The number of rotatable bonds is 6. The summed E-state index contributed by atoms with van der Waals surface area (Å²) in [6, 6.07) is 20.8. The molecule has 0 radical (unpaired) electrons. The smallest absolute Gasteiger partial charge is 0.243 e. The van der Waals surface area contributed by atoms with E-state index in [1.165, 1.54) is 6.07 Å². The fourth-order valence-corrected chi connectivity index (χ4v) is 3.24. The van der Waals surface area contributed by atoms with E-state index in [-0.39, 0.29) is 6.54 Å². The normalized spacial score (nSPS) is 10.4. The molecule has 0 heterocycles. The molecule has 0 aromatic heterocycles. The maximum Gasteiger partial charge on any atom is 0.243 e. The van der Waals surface area contributed by atoms with Gasteiger partial charge < -0.3 is 10.6 Å². The van der Waals surface area contributed by atoms with Crippen LogP contribution in [0.2, 0.25) is 0 Å². The predicted molar refractivity (Wildman–Crippen MR) is 100 cm³/mol. The summed E-state index contributed by atoms with van der Waals surface area (Å²) in [5, 5.41) is 5.27. The standard InChI is InChI=1S/C20H16F2N2OS/c21-15-9-6-10-16(22)20(15)24-19(25)13-23-17-11-4-5-12-18(17)26-14-7-2-1-3-8-14/h1-12,23H,13H2,(H,24,25). The van der Waals surface area contributed by atoms with Crippen molar-refractivity contribution in [3.8, 4) is 0 Å². The Labute approximate surface area is 154 Å². The lowest BCUT2D eigenvalue weighted by atomic mass is 10.3. The maximum atomic E-state index is 13.6. The minimum Gasteiger partial charge on any atom is -0.375 e. The number of benzene rings is 3. The maximum absolute atomic E-state index is 13.6. The number of carbonyl (C=O) groups is 1. The van der Waals surface area contributed by atoms with Crippen LogP contribution >= 0.6 is 11.8 Å². The molecule has 0 unspecified atom stereocenters. The summed E-state index contributed by atoms with van der Waals surface area (Å²) < 4.78 is 27.2. The van der Waals surface area contributed by atoms with E-state index in [2.05, 4.69) is 10.6 Å². The van der Waals surface area contributed by atoms with Gasteiger partial charge in [-0.15, -0.1) is 0 Å². The van der Waals surface area contributed by atoms with Gasteiger partial charge in [-0.1, -0.05) is 48.2 Å². The summed E-state index contributed by atoms with van der Waals surface area (Å²) in [5.41, 5.74) is 0.330. The lowest BCUT2D eigenvalue weighted by Gasteiger charge is -2.12. The number of amides is 1. The van der Waals surface area contributed by atoms with E-state index >= 15 is 0 Å². The average molecular weight is 370 g/mol. The third kappa shape index (κ3) is 4.61. The van der Waals surface area contributed by atoms with Gasteiger partial charge in [-0.2, -0.15) is 0 Å². The van der Waals surface area contributed by atoms with Crippen LogP contribution in [0, 0.1) is 11.6 Å². The Morgan fingerprint density at radius 1 is 0.846 bits per heavy atom. The lowest BCUT2D eigenvalue weighted by molar-refractivity contribution is -0.114. The SMILES string of the molecule is O=C(CNc1ccccc1Sc1ccccc1)Nc1c(F)cccc1F. The Balaban J connectivity index is 1.65. The monoisotopic (exact) mass is 370 g/mol. The largest absolute Gasteiger partial charge is 0.375 e. The summed E-state index contributed by atoms with van der Waals surface area (Å²) in [4.78, 5) is 14.1. The zero-order valence-corrected chi connectivity index (χ0v) is 14.5. The molecule has 2 N–H and O–H groups in total. The van der Waals surface area contributed by atoms with Crippen molar-refractivity contribution < 1.29 is 13.6 Å². The van der Waals surface area contributed by atoms with E-state index in [4.69, 9.17) is 0 Å². The molecule has 0 aliphatic rings. The molecule has 3 rings (SSSR count). The third-order valence-corrected chi connectivity index (χ3v) is 4.61. The van der Waals surface area contributed by atoms with Gasteiger partial charge in [0.05, 0.1) is 6.54 Å². The highest BCUT2D eigenvalue weighted by Gasteiger charge is 2.12. The van der Waals surface area contributed by atoms with Crippen LogP contribution in [0.4, 0.5) is 20.2 Å². The predicted octanol–water partition coefficient (Wildman–Crippen LogP) is 5.17. The summed E-state index contributed by atoms with van der Waals surface area (Å²) in [6.45, 7) is -0.111. The van der Waals surface area contributed by atoms with E-state index in [0.29, 0.717) is 0 Å². The van der Waals surface area contributed by atoms with E-state index in [0.717, 1.165) is 27.6 Å². The first kappa shape index (κ1) is 17.9. The van der Waals surface area contributed by atoms with Crippen LogP contribution in [0.15, 0.2) is 82.6 Å². The molecule has 6 heteroatoms. The topological polar surface area (TPSA) is 41.1 Å². The minimum absolute atomic E-state index is 0.111. The van der Waals surface area contributed by atoms with Crippen molar-refractivity contribution in [2.45, 2.75) is 9.79 Å². The van der Waals surface area contributed by atoms with E-state index < -0.39 is 23.2 Å². The molecule has 0 aliphatic carbocycles. The molecule has 0 saturated carbocycles. The van der Waals surface area contributed by atoms with Crippen LogP contribution in [0.5, 0.6) is 0 Å². The van der Waals surface area contributed by atoms with E-state index in [1.54, 1.807) is 11.8 Å². The number of hydrogen-bond acceptors (Lipinski definition) is 3. The van der Waals surface area contributed by atoms with Crippen molar-refractivity contribution in [2.24, 2.45) is 0 Å². The molecule has 132 valence electrons. The van der Waals surface area contributed by atoms with Crippen molar-refractivity contribution in [1.29, 1.82) is 0 Å². The third-order valence-electron chi connectivity index (χ3n) is 3.52. The van der Waals surface area contributed by atoms with Crippen molar-refractivity contribution in [3.05, 3.63) is 84.4 Å². The molecule has 1 amide bonds. The van der Waals surface area contributed by atoms with Crippen LogP contribution in [0.3, 0.4) is 0 Å². The fraction of sp³-hybridized carbons (Fsp3) is 0.0500. The molecule has 26 heavy (non-hydrogen) atoms. The van der Waals surface area contributed by atoms with Gasteiger partial charge in [0.1, 0.15) is 17.3 Å². The molecule has 3 aromatic carbocycles. The molecule has 0 spiro atoms. The lowest BCUT2D eigenvalue weighted by Crippen LogP contribution is -2.23. The minimum atomic E-state index is -0.807. The highest BCUT2D eigenvalue weighted by Crippen LogP contribution is 2.33. The highest BCUT2D eigenvalue weighted by molar-refractivity contribution is 7.99. The van der Waals surface area contributed by atoms with E-state index in [1.807, 2.05) is 54.6 Å². The van der Waals surface area contributed by atoms with Gasteiger partial charge in [-0.3, -0.25) is 4.79 Å². The van der Waals surface area contributed by atoms with Crippen LogP contribution in [-0.2, 0) is 4.79 Å². The van der Waals surface area contributed by atoms with Gasteiger partial charge >= 0.3 is 0 Å². The number of halogens is 2. The van der Waals surface area contributed by atoms with E-state index in [9.17, 15) is 13.6 Å². The second kappa shape index (κ2) is 8.49. The number of nitrogens with one attached hydrogen (secondary N) is 2. The van der Waals surface area contributed by atoms with Gasteiger partial charge in [0.2, 0.25) is 5.91 Å². The molecular weight excluding hydrogens is 354 g/mol. The van der Waals surface area contributed by atoms with Gasteiger partial charge in [0.25, 0.3) is 0 Å². The molecule has 0 fully saturated rings. The van der Waals surface area contributed by atoms with Crippen molar-refractivity contribution >= 4 is 29.0 Å². The second-order valence-electron chi connectivity index (χ2n) is 5.41. The number of anilines is 2. The highest BCUT2D eigenvalue weighted by atomic mass is 32.2. The summed E-state index contributed by atoms with van der Waals surface area (Å²) >= 11 is 1.56. The number of carbonyl (C=O) groups excluding carboxylic acids is 1. The first-order valence-corrected chi connectivity index (χ1v) is 8.75. The number of hydrogen-bond donors (Lipinski definition) is 2. The zero-order chi connectivity index (χ0) is 18.4. The summed E-state index contributed by atoms with van der Waals surface area (Å²) in [5.74, 6) is -2.15. The van der Waals surface area contributed by atoms with Gasteiger partial charge in [-0.05, 0) is 36.4 Å². The Bertz CT molecular complexity index is 883. The molecule has 0 saturated heterocycles. The molecule has 3 aromatic rings. The molecule has 3 nitrogen and oxygen atoms in total. The van der Waals surface area contributed by atoms with Crippen molar-refractivity contribution in [3.63, 3.8) is 0 Å². The fourth-order valence-electron chi connectivity index (χ4n) is 2.29. The second-order valence-corrected chi connectivity index (χ2v) is 6.53.